The largest absolute Gasteiger partial charge is 0.493 e. The molecule has 3 aromatic carbocycles. The van der Waals surface area contributed by atoms with Crippen LogP contribution in [-0.2, 0) is 0 Å². The van der Waals surface area contributed by atoms with E-state index in [9.17, 15) is 14.9 Å². The number of hydrazone groups is 1. The summed E-state index contributed by atoms with van der Waals surface area (Å²) < 4.78 is 21.9. The van der Waals surface area contributed by atoms with Crippen LogP contribution < -0.4 is 18.9 Å². The number of nitro benzene ring substituents is 1. The zero-order valence-electron chi connectivity index (χ0n) is 23.3. The van der Waals surface area contributed by atoms with Crippen molar-refractivity contribution in [2.45, 2.75) is 25.3 Å². The molecule has 0 bridgehead atoms. The van der Waals surface area contributed by atoms with E-state index in [2.05, 4.69) is 6.08 Å². The van der Waals surface area contributed by atoms with Crippen LogP contribution in [0.2, 0.25) is 0 Å². The number of ether oxygens (including phenoxy) is 4. The molecule has 1 aliphatic carbocycles. The molecule has 1 saturated carbocycles. The minimum Gasteiger partial charge on any atom is -0.493 e. The molecular formula is C31H31N3O7. The number of hydrogen-bond donors (Lipinski definition) is 0. The molecule has 2 aliphatic rings. The van der Waals surface area contributed by atoms with Gasteiger partial charge >= 0.3 is 0 Å². The van der Waals surface area contributed by atoms with Gasteiger partial charge in [0.2, 0.25) is 0 Å². The lowest BCUT2D eigenvalue weighted by Gasteiger charge is -2.30. The zero-order chi connectivity index (χ0) is 29.1. The molecule has 0 radical (unpaired) electrons. The normalized spacial score (nSPS) is 18.9. The number of benzene rings is 3. The minimum atomic E-state index is -0.490. The summed E-state index contributed by atoms with van der Waals surface area (Å²) in [6, 6.07) is 16.6. The second-order valence-electron chi connectivity index (χ2n) is 9.78. The van der Waals surface area contributed by atoms with Crippen molar-refractivity contribution in [3.63, 3.8) is 0 Å². The highest BCUT2D eigenvalue weighted by Gasteiger charge is 2.44. The highest BCUT2D eigenvalue weighted by molar-refractivity contribution is 6.09. The Morgan fingerprint density at radius 1 is 0.902 bits per heavy atom. The molecule has 10 nitrogen and oxygen atoms in total. The van der Waals surface area contributed by atoms with Crippen molar-refractivity contribution in [2.24, 2.45) is 11.0 Å². The number of nitrogens with zero attached hydrogens (tertiary/aromatic N) is 3. The first-order valence-corrected chi connectivity index (χ1v) is 13.2. The third-order valence-corrected chi connectivity index (χ3v) is 7.53. The highest BCUT2D eigenvalue weighted by atomic mass is 16.6. The van der Waals surface area contributed by atoms with E-state index in [1.54, 1.807) is 28.4 Å². The Bertz CT molecular complexity index is 1530. The first kappa shape index (κ1) is 27.7. The number of amides is 1. The van der Waals surface area contributed by atoms with Crippen LogP contribution in [0.1, 0.15) is 46.8 Å². The van der Waals surface area contributed by atoms with Gasteiger partial charge in [0.15, 0.2) is 23.0 Å². The maximum absolute atomic E-state index is 13.9. The maximum Gasteiger partial charge on any atom is 0.274 e. The Labute approximate surface area is 237 Å². The number of carbonyl (C=O) groups excluding carboxylic acids is 1. The van der Waals surface area contributed by atoms with Crippen LogP contribution in [0.4, 0.5) is 5.69 Å². The molecule has 212 valence electrons. The van der Waals surface area contributed by atoms with Gasteiger partial charge in [-0.1, -0.05) is 12.1 Å². The smallest absolute Gasteiger partial charge is 0.274 e. The molecule has 1 fully saturated rings. The Morgan fingerprint density at radius 3 is 2.17 bits per heavy atom. The summed E-state index contributed by atoms with van der Waals surface area (Å²) in [5, 5.41) is 17.6. The van der Waals surface area contributed by atoms with Gasteiger partial charge in [-0.3, -0.25) is 14.9 Å². The fourth-order valence-electron chi connectivity index (χ4n) is 5.54. The summed E-state index contributed by atoms with van der Waals surface area (Å²) in [6.45, 7) is 0. The predicted octanol–water partition coefficient (Wildman–Crippen LogP) is 6.07. The van der Waals surface area contributed by atoms with Crippen LogP contribution in [0.3, 0.4) is 0 Å². The van der Waals surface area contributed by atoms with Crippen LogP contribution in [0.25, 0.3) is 6.08 Å². The number of carbonyl (C=O) groups is 1. The Kier molecular flexibility index (Phi) is 7.91. The molecular weight excluding hydrogens is 526 g/mol. The topological polar surface area (TPSA) is 113 Å². The number of non-ortho nitro benzene ring substituents is 1. The standard InChI is InChI=1S/C31H31N3O7/c1-38-25-14-8-19(17-27(25)40-3)16-21-6-5-7-24-29(21)32-33(31(35)20-9-12-23(13-10-20)34(36)37)30(24)22-11-15-26(39-2)28(18-22)41-4/h8-18,24,30H,5-7H2,1-4H3/b21-16+/t24-,30-/m0/s1. The van der Waals surface area contributed by atoms with Crippen molar-refractivity contribution in [1.82, 2.24) is 5.01 Å². The van der Waals surface area contributed by atoms with Crippen LogP contribution >= 0.6 is 0 Å². The molecule has 1 heterocycles. The fraction of sp³-hybridized carbons (Fsp3) is 0.290. The summed E-state index contributed by atoms with van der Waals surface area (Å²) in [5.41, 5.74) is 3.91. The predicted molar refractivity (Wildman–Crippen MR) is 154 cm³/mol. The van der Waals surface area contributed by atoms with Gasteiger partial charge in [0.25, 0.3) is 11.6 Å². The van der Waals surface area contributed by atoms with Gasteiger partial charge in [-0.05, 0) is 78.4 Å². The number of fused-ring (bicyclic) bond motifs is 1. The summed E-state index contributed by atoms with van der Waals surface area (Å²) in [5.74, 6) is 2.00. The van der Waals surface area contributed by atoms with E-state index in [-0.39, 0.29) is 17.5 Å². The number of methoxy groups -OCH3 is 4. The molecule has 0 unspecified atom stereocenters. The molecule has 41 heavy (non-hydrogen) atoms. The second-order valence-corrected chi connectivity index (χ2v) is 9.78. The molecule has 0 spiro atoms. The fourth-order valence-corrected chi connectivity index (χ4v) is 5.54. The zero-order valence-corrected chi connectivity index (χ0v) is 23.3. The molecule has 0 N–H and O–H groups in total. The monoisotopic (exact) mass is 557 g/mol. The van der Waals surface area contributed by atoms with Crippen molar-refractivity contribution in [1.29, 1.82) is 0 Å². The lowest BCUT2D eigenvalue weighted by molar-refractivity contribution is -0.384. The summed E-state index contributed by atoms with van der Waals surface area (Å²) in [4.78, 5) is 24.6. The van der Waals surface area contributed by atoms with Crippen molar-refractivity contribution in [3.8, 4) is 23.0 Å². The van der Waals surface area contributed by atoms with Crippen molar-refractivity contribution in [3.05, 3.63) is 93.0 Å². The molecule has 10 heteroatoms. The van der Waals surface area contributed by atoms with Crippen LogP contribution in [0, 0.1) is 16.0 Å². The van der Waals surface area contributed by atoms with E-state index in [1.165, 1.54) is 29.3 Å². The van der Waals surface area contributed by atoms with E-state index >= 15 is 0 Å². The Hall–Kier alpha value is -4.86. The number of hydrogen-bond acceptors (Lipinski definition) is 8. The van der Waals surface area contributed by atoms with Gasteiger partial charge in [-0.25, -0.2) is 5.01 Å². The second kappa shape index (κ2) is 11.7. The molecule has 0 aromatic heterocycles. The third kappa shape index (κ3) is 5.32. The summed E-state index contributed by atoms with van der Waals surface area (Å²) in [7, 11) is 6.34. The van der Waals surface area contributed by atoms with Gasteiger partial charge in [0.1, 0.15) is 0 Å². The molecule has 1 amide bonds. The number of allylic oxidation sites excluding steroid dienone is 1. The van der Waals surface area contributed by atoms with E-state index in [4.69, 9.17) is 24.0 Å². The van der Waals surface area contributed by atoms with Gasteiger partial charge in [-0.15, -0.1) is 0 Å². The van der Waals surface area contributed by atoms with Crippen molar-refractivity contribution >= 4 is 23.4 Å². The first-order chi connectivity index (χ1) is 19.9. The van der Waals surface area contributed by atoms with Crippen molar-refractivity contribution < 1.29 is 28.7 Å². The Balaban J connectivity index is 1.58. The molecule has 5 rings (SSSR count). The van der Waals surface area contributed by atoms with E-state index in [0.29, 0.717) is 28.6 Å². The van der Waals surface area contributed by atoms with Crippen molar-refractivity contribution in [2.75, 3.05) is 28.4 Å². The van der Waals surface area contributed by atoms with E-state index in [0.717, 1.165) is 41.7 Å². The van der Waals surface area contributed by atoms with Gasteiger partial charge in [-0.2, -0.15) is 5.10 Å². The quantitative estimate of drug-likeness (QED) is 0.244. The molecule has 1 aliphatic heterocycles. The van der Waals surface area contributed by atoms with Crippen LogP contribution in [0.15, 0.2) is 71.3 Å². The molecule has 3 aromatic rings. The van der Waals surface area contributed by atoms with E-state index < -0.39 is 11.0 Å². The molecule has 0 saturated heterocycles. The maximum atomic E-state index is 13.9. The number of rotatable bonds is 8. The number of nitro groups is 1. The lowest BCUT2D eigenvalue weighted by atomic mass is 9.77. The minimum absolute atomic E-state index is 0.0600. The van der Waals surface area contributed by atoms with Gasteiger partial charge in [0, 0.05) is 23.6 Å². The lowest BCUT2D eigenvalue weighted by Crippen LogP contribution is -2.32. The third-order valence-electron chi connectivity index (χ3n) is 7.53. The summed E-state index contributed by atoms with van der Waals surface area (Å²) in [6.07, 6.45) is 4.65. The SMILES string of the molecule is COc1ccc(/C=C2\CCC[C@H]3C2=NN(C(=O)c2ccc([N+](=O)[O-])cc2)[C@H]3c2ccc(OC)c(OC)c2)cc1OC. The van der Waals surface area contributed by atoms with Crippen LogP contribution in [-0.4, -0.2) is 50.0 Å². The van der Waals surface area contributed by atoms with Gasteiger partial charge in [0.05, 0.1) is 45.1 Å². The van der Waals surface area contributed by atoms with E-state index in [1.807, 2.05) is 36.4 Å². The highest BCUT2D eigenvalue weighted by Crippen LogP contribution is 2.46. The summed E-state index contributed by atoms with van der Waals surface area (Å²) >= 11 is 0. The van der Waals surface area contributed by atoms with Crippen LogP contribution in [0.5, 0.6) is 23.0 Å². The first-order valence-electron chi connectivity index (χ1n) is 13.2. The average Bonchev–Trinajstić information content (AvgIpc) is 3.40. The molecule has 2 atom stereocenters. The Morgan fingerprint density at radius 2 is 1.54 bits per heavy atom. The van der Waals surface area contributed by atoms with Gasteiger partial charge < -0.3 is 18.9 Å². The average molecular weight is 558 g/mol.